The molecule has 94 valence electrons. The van der Waals surface area contributed by atoms with Crippen molar-refractivity contribution in [3.8, 4) is 17.2 Å². The van der Waals surface area contributed by atoms with Gasteiger partial charge in [-0.15, -0.1) is 0 Å². The Bertz CT molecular complexity index is 685. The van der Waals surface area contributed by atoms with Gasteiger partial charge in [0, 0.05) is 17.2 Å². The van der Waals surface area contributed by atoms with E-state index >= 15 is 0 Å². The Balaban J connectivity index is 2.07. The molecule has 0 bridgehead atoms. The molecule has 3 rings (SSSR count). The SMILES string of the molecule is C=C1C=C(c2ccccc2)Oc2cc(O)c(O)cc21. The maximum absolute atomic E-state index is 9.54. The van der Waals surface area contributed by atoms with Crippen molar-refractivity contribution < 1.29 is 14.9 Å². The third-order valence-corrected chi connectivity index (χ3v) is 3.01. The first-order chi connectivity index (χ1) is 9.15. The highest BCUT2D eigenvalue weighted by Gasteiger charge is 2.19. The van der Waals surface area contributed by atoms with Crippen molar-refractivity contribution in [2.24, 2.45) is 0 Å². The monoisotopic (exact) mass is 252 g/mol. The van der Waals surface area contributed by atoms with Gasteiger partial charge < -0.3 is 14.9 Å². The number of phenolic OH excluding ortho intramolecular Hbond substituents is 2. The lowest BCUT2D eigenvalue weighted by atomic mass is 10.0. The molecule has 0 fully saturated rings. The average molecular weight is 252 g/mol. The van der Waals surface area contributed by atoms with E-state index in [1.165, 1.54) is 12.1 Å². The van der Waals surface area contributed by atoms with Gasteiger partial charge in [-0.05, 0) is 17.7 Å². The first-order valence-electron chi connectivity index (χ1n) is 5.85. The summed E-state index contributed by atoms with van der Waals surface area (Å²) in [5.74, 6) is 0.769. The fraction of sp³-hybridized carbons (Fsp3) is 0. The van der Waals surface area contributed by atoms with Crippen molar-refractivity contribution in [1.29, 1.82) is 0 Å². The van der Waals surface area contributed by atoms with Crippen LogP contribution in [0.25, 0.3) is 11.3 Å². The van der Waals surface area contributed by atoms with Crippen molar-refractivity contribution in [3.05, 3.63) is 66.2 Å². The highest BCUT2D eigenvalue weighted by Crippen LogP contribution is 2.41. The summed E-state index contributed by atoms with van der Waals surface area (Å²) in [6.45, 7) is 3.95. The molecule has 0 unspecified atom stereocenters. The minimum absolute atomic E-state index is 0.180. The van der Waals surface area contributed by atoms with E-state index in [1.807, 2.05) is 36.4 Å². The van der Waals surface area contributed by atoms with Crippen LogP contribution in [0.5, 0.6) is 17.2 Å². The molecule has 3 heteroatoms. The summed E-state index contributed by atoms with van der Waals surface area (Å²) in [6, 6.07) is 12.5. The molecule has 19 heavy (non-hydrogen) atoms. The topological polar surface area (TPSA) is 49.7 Å². The lowest BCUT2D eigenvalue weighted by Gasteiger charge is -2.20. The number of allylic oxidation sites excluding steroid dienone is 2. The summed E-state index contributed by atoms with van der Waals surface area (Å²) in [4.78, 5) is 0. The van der Waals surface area contributed by atoms with Crippen molar-refractivity contribution in [3.63, 3.8) is 0 Å². The van der Waals surface area contributed by atoms with Crippen LogP contribution in [0.3, 0.4) is 0 Å². The summed E-state index contributed by atoms with van der Waals surface area (Å²) in [6.07, 6.45) is 1.81. The molecule has 3 nitrogen and oxygen atoms in total. The van der Waals surface area contributed by atoms with Gasteiger partial charge in [-0.1, -0.05) is 36.9 Å². The first-order valence-corrected chi connectivity index (χ1v) is 5.85. The van der Waals surface area contributed by atoms with Gasteiger partial charge in [0.25, 0.3) is 0 Å². The van der Waals surface area contributed by atoms with E-state index in [-0.39, 0.29) is 11.5 Å². The zero-order valence-corrected chi connectivity index (χ0v) is 10.1. The maximum atomic E-state index is 9.54. The van der Waals surface area contributed by atoms with Gasteiger partial charge in [-0.25, -0.2) is 0 Å². The molecule has 0 saturated heterocycles. The number of hydrogen-bond donors (Lipinski definition) is 2. The first kappa shape index (κ1) is 11.4. The predicted octanol–water partition coefficient (Wildman–Crippen LogP) is 3.54. The van der Waals surface area contributed by atoms with E-state index in [4.69, 9.17) is 4.74 Å². The summed E-state index contributed by atoms with van der Waals surface area (Å²) in [7, 11) is 0. The Morgan fingerprint density at radius 1 is 0.947 bits per heavy atom. The minimum atomic E-state index is -0.208. The standard InChI is InChI=1S/C16H12O3/c1-10-7-15(11-5-3-2-4-6-11)19-16-9-14(18)13(17)8-12(10)16/h2-9,17-18H,1H2. The number of aromatic hydroxyl groups is 2. The molecule has 0 aliphatic carbocycles. The van der Waals surface area contributed by atoms with Gasteiger partial charge >= 0.3 is 0 Å². The summed E-state index contributed by atoms with van der Waals surface area (Å²) in [5, 5.41) is 19.0. The van der Waals surface area contributed by atoms with Crippen LogP contribution in [0.4, 0.5) is 0 Å². The molecule has 1 aliphatic rings. The lowest BCUT2D eigenvalue weighted by Crippen LogP contribution is -2.03. The van der Waals surface area contributed by atoms with Crippen LogP contribution in [-0.2, 0) is 0 Å². The fourth-order valence-electron chi connectivity index (χ4n) is 2.02. The second-order valence-corrected chi connectivity index (χ2v) is 4.34. The number of hydrogen-bond acceptors (Lipinski definition) is 3. The van der Waals surface area contributed by atoms with Crippen LogP contribution in [-0.4, -0.2) is 10.2 Å². The number of fused-ring (bicyclic) bond motifs is 1. The molecule has 2 N–H and O–H groups in total. The molecule has 0 radical (unpaired) electrons. The van der Waals surface area contributed by atoms with Gasteiger partial charge in [0.05, 0.1) is 0 Å². The highest BCUT2D eigenvalue weighted by molar-refractivity contribution is 5.88. The summed E-state index contributed by atoms with van der Waals surface area (Å²) >= 11 is 0. The molecule has 0 aromatic heterocycles. The normalized spacial score (nSPS) is 13.5. The summed E-state index contributed by atoms with van der Waals surface area (Å²) < 4.78 is 5.75. The van der Waals surface area contributed by atoms with Crippen LogP contribution in [0.15, 0.2) is 55.1 Å². The van der Waals surface area contributed by atoms with Gasteiger partial charge in [-0.2, -0.15) is 0 Å². The van der Waals surface area contributed by atoms with Crippen molar-refractivity contribution in [1.82, 2.24) is 0 Å². The molecule has 0 saturated carbocycles. The minimum Gasteiger partial charge on any atom is -0.504 e. The predicted molar refractivity (Wildman–Crippen MR) is 73.9 cm³/mol. The fourth-order valence-corrected chi connectivity index (χ4v) is 2.02. The van der Waals surface area contributed by atoms with Crippen LogP contribution >= 0.6 is 0 Å². The molecular formula is C16H12O3. The molecule has 1 heterocycles. The average Bonchev–Trinajstić information content (AvgIpc) is 2.42. The van der Waals surface area contributed by atoms with E-state index < -0.39 is 0 Å². The van der Waals surface area contributed by atoms with Gasteiger partial charge in [0.1, 0.15) is 11.5 Å². The van der Waals surface area contributed by atoms with E-state index in [9.17, 15) is 10.2 Å². The molecular weight excluding hydrogens is 240 g/mol. The smallest absolute Gasteiger partial charge is 0.161 e. The third-order valence-electron chi connectivity index (χ3n) is 3.01. The van der Waals surface area contributed by atoms with E-state index in [1.54, 1.807) is 0 Å². The van der Waals surface area contributed by atoms with E-state index in [0.29, 0.717) is 17.1 Å². The number of ether oxygens (including phenoxy) is 1. The Hall–Kier alpha value is -2.68. The lowest BCUT2D eigenvalue weighted by molar-refractivity contribution is 0.398. The second kappa shape index (κ2) is 4.21. The maximum Gasteiger partial charge on any atom is 0.161 e. The Kier molecular flexibility index (Phi) is 2.53. The van der Waals surface area contributed by atoms with Crippen LogP contribution in [0.2, 0.25) is 0 Å². The number of rotatable bonds is 1. The Morgan fingerprint density at radius 2 is 1.63 bits per heavy atom. The quantitative estimate of drug-likeness (QED) is 0.763. The van der Waals surface area contributed by atoms with Crippen LogP contribution in [0, 0.1) is 0 Å². The van der Waals surface area contributed by atoms with Gasteiger partial charge in [-0.3, -0.25) is 0 Å². The third kappa shape index (κ3) is 1.95. The van der Waals surface area contributed by atoms with Gasteiger partial charge in [0.15, 0.2) is 11.5 Å². The molecule has 0 atom stereocenters. The van der Waals surface area contributed by atoms with E-state index in [2.05, 4.69) is 6.58 Å². The van der Waals surface area contributed by atoms with Gasteiger partial charge in [0.2, 0.25) is 0 Å². The van der Waals surface area contributed by atoms with Crippen LogP contribution < -0.4 is 4.74 Å². The van der Waals surface area contributed by atoms with Crippen molar-refractivity contribution in [2.45, 2.75) is 0 Å². The number of phenols is 2. The molecule has 2 aromatic carbocycles. The highest BCUT2D eigenvalue weighted by atomic mass is 16.5. The molecule has 0 amide bonds. The molecule has 0 spiro atoms. The zero-order chi connectivity index (χ0) is 13.4. The zero-order valence-electron chi connectivity index (χ0n) is 10.1. The van der Waals surface area contributed by atoms with Crippen molar-refractivity contribution in [2.75, 3.05) is 0 Å². The second-order valence-electron chi connectivity index (χ2n) is 4.34. The summed E-state index contributed by atoms with van der Waals surface area (Å²) in [5.41, 5.74) is 2.34. The largest absolute Gasteiger partial charge is 0.504 e. The molecule has 2 aromatic rings. The molecule has 1 aliphatic heterocycles. The van der Waals surface area contributed by atoms with Crippen LogP contribution in [0.1, 0.15) is 11.1 Å². The van der Waals surface area contributed by atoms with E-state index in [0.717, 1.165) is 11.1 Å². The number of benzene rings is 2. The Morgan fingerprint density at radius 3 is 2.37 bits per heavy atom. The Labute approximate surface area is 110 Å². The van der Waals surface area contributed by atoms with Crippen molar-refractivity contribution >= 4 is 11.3 Å².